The van der Waals surface area contributed by atoms with Crippen LogP contribution in [0.1, 0.15) is 12.8 Å². The zero-order valence-electron chi connectivity index (χ0n) is 13.3. The number of carbonyl (C=O) groups is 3. The monoisotopic (exact) mass is 391 g/mol. The molecule has 0 spiro atoms. The summed E-state index contributed by atoms with van der Waals surface area (Å²) in [6, 6.07) is 0. The molecule has 3 aliphatic rings. The van der Waals surface area contributed by atoms with Crippen LogP contribution < -0.4 is 0 Å². The number of hydrogen-bond acceptors (Lipinski definition) is 7. The number of ether oxygens (including phenoxy) is 1. The van der Waals surface area contributed by atoms with Gasteiger partial charge in [0, 0.05) is 6.08 Å². The molecule has 1 heterocycles. The zero-order valence-corrected chi connectivity index (χ0v) is 14.2. The Morgan fingerprint density at radius 2 is 1.81 bits per heavy atom. The fourth-order valence-corrected chi connectivity index (χ4v) is 4.34. The topological polar surface area (TPSA) is 107 Å². The van der Waals surface area contributed by atoms with Crippen molar-refractivity contribution in [1.82, 2.24) is 5.06 Å². The lowest BCUT2D eigenvalue weighted by Gasteiger charge is -2.20. The SMILES string of the molecule is C=CC(=O)OCCC(F)(F)S(=O)(=O)ON1C(=O)C2C3C=CC(C3)C2C1=O. The first-order valence-electron chi connectivity index (χ1n) is 7.76. The summed E-state index contributed by atoms with van der Waals surface area (Å²) in [5.41, 5.74) is 0. The number of rotatable bonds is 7. The van der Waals surface area contributed by atoms with Crippen LogP contribution in [0.25, 0.3) is 0 Å². The van der Waals surface area contributed by atoms with Crippen LogP contribution in [0.3, 0.4) is 0 Å². The molecule has 3 rings (SSSR count). The molecule has 8 nitrogen and oxygen atoms in total. The fourth-order valence-electron chi connectivity index (χ4n) is 3.56. The number of nitrogens with zero attached hydrogens (tertiary/aromatic N) is 1. The molecule has 4 unspecified atom stereocenters. The summed E-state index contributed by atoms with van der Waals surface area (Å²) in [5.74, 6) is -4.89. The Labute approximate surface area is 147 Å². The predicted octanol–water partition coefficient (Wildman–Crippen LogP) is 0.767. The van der Waals surface area contributed by atoms with Crippen LogP contribution in [0.2, 0.25) is 0 Å². The first kappa shape index (κ1) is 18.6. The standard InChI is InChI=1S/C15H15F2NO7S/c1-2-10(19)24-6-5-15(16,17)26(22,23)25-18-13(20)11-8-3-4-9(7-8)12(11)14(18)21/h2-4,8-9,11-12H,1,5-7H2. The number of fused-ring (bicyclic) bond motifs is 5. The maximum Gasteiger partial charge on any atom is 0.375 e. The van der Waals surface area contributed by atoms with Gasteiger partial charge in [0.15, 0.2) is 0 Å². The van der Waals surface area contributed by atoms with Gasteiger partial charge in [0.05, 0.1) is 24.9 Å². The molecule has 11 heteroatoms. The van der Waals surface area contributed by atoms with E-state index in [-0.39, 0.29) is 16.9 Å². The summed E-state index contributed by atoms with van der Waals surface area (Å²) in [6.07, 6.45) is 3.45. The molecular weight excluding hydrogens is 376 g/mol. The number of alkyl halides is 2. The summed E-state index contributed by atoms with van der Waals surface area (Å²) >= 11 is 0. The van der Waals surface area contributed by atoms with Crippen LogP contribution in [0.15, 0.2) is 24.8 Å². The summed E-state index contributed by atoms with van der Waals surface area (Å²) in [6.45, 7) is 2.15. The molecule has 26 heavy (non-hydrogen) atoms. The largest absolute Gasteiger partial charge is 0.462 e. The molecular formula is C15H15F2NO7S. The molecule has 2 fully saturated rings. The van der Waals surface area contributed by atoms with E-state index < -0.39 is 58.0 Å². The molecule has 1 aliphatic heterocycles. The Bertz CT molecular complexity index is 777. The average Bonchev–Trinajstić information content (AvgIpc) is 3.24. The van der Waals surface area contributed by atoms with Gasteiger partial charge in [-0.05, 0) is 18.3 Å². The summed E-state index contributed by atoms with van der Waals surface area (Å²) in [5, 5.41) is -4.54. The maximum absolute atomic E-state index is 13.9. The highest BCUT2D eigenvalue weighted by atomic mass is 32.2. The molecule has 0 radical (unpaired) electrons. The number of esters is 1. The van der Waals surface area contributed by atoms with Crippen molar-refractivity contribution in [1.29, 1.82) is 0 Å². The molecule has 4 atom stereocenters. The molecule has 2 bridgehead atoms. The predicted molar refractivity (Wildman–Crippen MR) is 80.3 cm³/mol. The van der Waals surface area contributed by atoms with Crippen LogP contribution in [0.5, 0.6) is 0 Å². The molecule has 142 valence electrons. The average molecular weight is 391 g/mol. The van der Waals surface area contributed by atoms with E-state index in [1.165, 1.54) is 0 Å². The van der Waals surface area contributed by atoms with Crippen molar-refractivity contribution < 1.29 is 40.6 Å². The number of hydroxylamine groups is 2. The highest BCUT2D eigenvalue weighted by molar-refractivity contribution is 7.87. The number of carbonyl (C=O) groups excluding carboxylic acids is 3. The van der Waals surface area contributed by atoms with Gasteiger partial charge in [-0.1, -0.05) is 18.7 Å². The fraction of sp³-hybridized carbons (Fsp3) is 0.533. The van der Waals surface area contributed by atoms with Crippen LogP contribution in [-0.2, 0) is 33.5 Å². The van der Waals surface area contributed by atoms with Gasteiger partial charge < -0.3 is 4.74 Å². The third-order valence-corrected chi connectivity index (χ3v) is 6.05. The van der Waals surface area contributed by atoms with Crippen molar-refractivity contribution in [2.24, 2.45) is 23.7 Å². The Morgan fingerprint density at radius 3 is 2.31 bits per heavy atom. The molecule has 0 aromatic rings. The highest BCUT2D eigenvalue weighted by Crippen LogP contribution is 2.52. The number of imide groups is 1. The Kier molecular flexibility index (Phi) is 4.47. The van der Waals surface area contributed by atoms with Gasteiger partial charge in [-0.3, -0.25) is 9.59 Å². The molecule has 0 aromatic heterocycles. The van der Waals surface area contributed by atoms with Crippen molar-refractivity contribution in [3.63, 3.8) is 0 Å². The van der Waals surface area contributed by atoms with E-state index in [9.17, 15) is 31.6 Å². The van der Waals surface area contributed by atoms with E-state index in [2.05, 4.69) is 15.6 Å². The highest BCUT2D eigenvalue weighted by Gasteiger charge is 2.62. The minimum atomic E-state index is -5.65. The molecule has 2 aliphatic carbocycles. The number of allylic oxidation sites excluding steroid dienone is 2. The van der Waals surface area contributed by atoms with Crippen LogP contribution in [0.4, 0.5) is 8.78 Å². The van der Waals surface area contributed by atoms with Gasteiger partial charge in [0.2, 0.25) is 0 Å². The normalized spacial score (nSPS) is 30.0. The van der Waals surface area contributed by atoms with E-state index in [4.69, 9.17) is 0 Å². The second-order valence-electron chi connectivity index (χ2n) is 6.26. The van der Waals surface area contributed by atoms with Crippen molar-refractivity contribution in [3.05, 3.63) is 24.8 Å². The lowest BCUT2D eigenvalue weighted by Crippen LogP contribution is -2.41. The second kappa shape index (κ2) is 6.23. The van der Waals surface area contributed by atoms with E-state index >= 15 is 0 Å². The van der Waals surface area contributed by atoms with E-state index in [0.717, 1.165) is 6.08 Å². The van der Waals surface area contributed by atoms with Crippen LogP contribution in [-0.4, -0.2) is 43.1 Å². The van der Waals surface area contributed by atoms with Gasteiger partial charge >= 0.3 is 21.3 Å². The quantitative estimate of drug-likeness (QED) is 0.273. The van der Waals surface area contributed by atoms with Crippen molar-refractivity contribution in [3.8, 4) is 0 Å². The van der Waals surface area contributed by atoms with Crippen molar-refractivity contribution >= 4 is 27.9 Å². The minimum Gasteiger partial charge on any atom is -0.462 e. The summed E-state index contributed by atoms with van der Waals surface area (Å²) in [7, 11) is -5.65. The number of halogens is 2. The Hall–Kier alpha value is -2.14. The molecule has 2 amide bonds. The zero-order chi connectivity index (χ0) is 19.3. The van der Waals surface area contributed by atoms with Gasteiger partial charge in [-0.15, -0.1) is 9.35 Å². The first-order chi connectivity index (χ1) is 12.1. The molecule has 1 saturated carbocycles. The van der Waals surface area contributed by atoms with Crippen molar-refractivity contribution in [2.75, 3.05) is 6.61 Å². The number of amides is 2. The van der Waals surface area contributed by atoms with Gasteiger partial charge in [-0.25, -0.2) is 4.79 Å². The van der Waals surface area contributed by atoms with Crippen LogP contribution >= 0.6 is 0 Å². The smallest absolute Gasteiger partial charge is 0.375 e. The van der Waals surface area contributed by atoms with Gasteiger partial charge in [-0.2, -0.15) is 17.2 Å². The Balaban J connectivity index is 1.69. The molecule has 0 N–H and O–H groups in total. The van der Waals surface area contributed by atoms with Crippen molar-refractivity contribution in [2.45, 2.75) is 18.1 Å². The van der Waals surface area contributed by atoms with Gasteiger partial charge in [0.1, 0.15) is 0 Å². The van der Waals surface area contributed by atoms with E-state index in [0.29, 0.717) is 6.42 Å². The van der Waals surface area contributed by atoms with Crippen LogP contribution in [0, 0.1) is 23.7 Å². The van der Waals surface area contributed by atoms with E-state index in [1.807, 2.05) is 0 Å². The number of hydrogen-bond donors (Lipinski definition) is 0. The third-order valence-electron chi connectivity index (χ3n) is 4.77. The third kappa shape index (κ3) is 2.84. The van der Waals surface area contributed by atoms with E-state index in [1.54, 1.807) is 12.2 Å². The lowest BCUT2D eigenvalue weighted by molar-refractivity contribution is -0.167. The molecule has 0 aromatic carbocycles. The molecule has 1 saturated heterocycles. The lowest BCUT2D eigenvalue weighted by atomic mass is 9.85. The summed E-state index contributed by atoms with van der Waals surface area (Å²) in [4.78, 5) is 35.4. The Morgan fingerprint density at radius 1 is 1.27 bits per heavy atom. The summed E-state index contributed by atoms with van der Waals surface area (Å²) < 4.78 is 60.1. The maximum atomic E-state index is 13.9. The van der Waals surface area contributed by atoms with Gasteiger partial charge in [0.25, 0.3) is 11.8 Å². The minimum absolute atomic E-state index is 0.0690. The first-order valence-corrected chi connectivity index (χ1v) is 9.17. The second-order valence-corrected chi connectivity index (χ2v) is 7.91.